The van der Waals surface area contributed by atoms with Gasteiger partial charge in [-0.15, -0.1) is 0 Å². The minimum atomic E-state index is -0.351. The monoisotopic (exact) mass is 342 g/mol. The zero-order valence-corrected chi connectivity index (χ0v) is 14.8. The third kappa shape index (κ3) is 4.97. The molecule has 0 spiro atoms. The minimum Gasteiger partial charge on any atom is -0.493 e. The Kier molecular flexibility index (Phi) is 6.39. The van der Waals surface area contributed by atoms with E-state index in [0.29, 0.717) is 22.8 Å². The van der Waals surface area contributed by atoms with Crippen LogP contribution >= 0.6 is 0 Å². The Hall–Kier alpha value is -3.02. The second kappa shape index (κ2) is 8.73. The molecule has 0 heterocycles. The van der Waals surface area contributed by atoms with Crippen molar-refractivity contribution in [3.05, 3.63) is 53.1 Å². The van der Waals surface area contributed by atoms with Crippen molar-refractivity contribution in [1.82, 2.24) is 5.43 Å². The topological polar surface area (TPSA) is 69.2 Å². The molecule has 0 unspecified atom stereocenters. The summed E-state index contributed by atoms with van der Waals surface area (Å²) in [5, 5.41) is 3.93. The summed E-state index contributed by atoms with van der Waals surface area (Å²) in [5.41, 5.74) is 5.40. The number of rotatable bonds is 7. The van der Waals surface area contributed by atoms with Gasteiger partial charge in [-0.1, -0.05) is 12.1 Å². The van der Waals surface area contributed by atoms with Gasteiger partial charge in [-0.3, -0.25) is 4.79 Å². The van der Waals surface area contributed by atoms with Crippen molar-refractivity contribution in [2.24, 2.45) is 5.10 Å². The van der Waals surface area contributed by atoms with Crippen LogP contribution in [0.25, 0.3) is 0 Å². The smallest absolute Gasteiger partial charge is 0.277 e. The Morgan fingerprint density at radius 1 is 1.12 bits per heavy atom. The molecule has 1 N–H and O–H groups in total. The molecule has 0 saturated heterocycles. The van der Waals surface area contributed by atoms with E-state index in [1.807, 2.05) is 44.2 Å². The molecule has 2 aromatic carbocycles. The fourth-order valence-corrected chi connectivity index (χ4v) is 2.17. The average molecular weight is 342 g/mol. The summed E-state index contributed by atoms with van der Waals surface area (Å²) < 4.78 is 16.0. The van der Waals surface area contributed by atoms with Crippen LogP contribution in [0.15, 0.2) is 41.5 Å². The van der Waals surface area contributed by atoms with E-state index in [-0.39, 0.29) is 12.5 Å². The average Bonchev–Trinajstić information content (AvgIpc) is 2.62. The highest BCUT2D eigenvalue weighted by molar-refractivity contribution is 5.86. The second-order valence-electron chi connectivity index (χ2n) is 5.41. The van der Waals surface area contributed by atoms with Crippen LogP contribution in [0.2, 0.25) is 0 Å². The van der Waals surface area contributed by atoms with Crippen LogP contribution in [-0.4, -0.2) is 32.9 Å². The molecule has 0 aromatic heterocycles. The van der Waals surface area contributed by atoms with E-state index in [4.69, 9.17) is 14.2 Å². The first-order chi connectivity index (χ1) is 12.0. The van der Waals surface area contributed by atoms with Crippen LogP contribution in [0.5, 0.6) is 17.2 Å². The summed E-state index contributed by atoms with van der Waals surface area (Å²) in [6.45, 7) is 3.90. The van der Waals surface area contributed by atoms with E-state index in [1.165, 1.54) is 11.8 Å². The fourth-order valence-electron chi connectivity index (χ4n) is 2.17. The molecule has 0 saturated carbocycles. The van der Waals surface area contributed by atoms with Crippen LogP contribution < -0.4 is 19.6 Å². The first kappa shape index (κ1) is 18.3. The number of hydrazone groups is 1. The van der Waals surface area contributed by atoms with Gasteiger partial charge in [0.05, 0.1) is 20.4 Å². The highest BCUT2D eigenvalue weighted by Crippen LogP contribution is 2.29. The number of carbonyl (C=O) groups is 1. The molecule has 2 aromatic rings. The molecular weight excluding hydrogens is 320 g/mol. The molecule has 0 fully saturated rings. The summed E-state index contributed by atoms with van der Waals surface area (Å²) in [5.74, 6) is 1.44. The molecule has 25 heavy (non-hydrogen) atoms. The molecule has 2 rings (SSSR count). The Balaban J connectivity index is 1.91. The number of carbonyl (C=O) groups excluding carboxylic acids is 1. The fraction of sp³-hybridized carbons (Fsp3) is 0.263. The van der Waals surface area contributed by atoms with Crippen molar-refractivity contribution in [2.45, 2.75) is 13.8 Å². The van der Waals surface area contributed by atoms with Gasteiger partial charge in [0.1, 0.15) is 5.75 Å². The van der Waals surface area contributed by atoms with Gasteiger partial charge in [0.2, 0.25) is 0 Å². The molecule has 0 aliphatic heterocycles. The van der Waals surface area contributed by atoms with Gasteiger partial charge in [-0.25, -0.2) is 5.43 Å². The lowest BCUT2D eigenvalue weighted by Gasteiger charge is -2.09. The summed E-state index contributed by atoms with van der Waals surface area (Å²) in [6.07, 6.45) is 1.50. The molecule has 132 valence electrons. The number of amides is 1. The van der Waals surface area contributed by atoms with Gasteiger partial charge in [-0.2, -0.15) is 5.10 Å². The quantitative estimate of drug-likeness (QED) is 0.620. The highest BCUT2D eigenvalue weighted by atomic mass is 16.5. The normalized spacial score (nSPS) is 10.6. The Bertz CT molecular complexity index is 772. The predicted octanol–water partition coefficient (Wildman–Crippen LogP) is 2.85. The van der Waals surface area contributed by atoms with E-state index in [2.05, 4.69) is 10.5 Å². The molecule has 6 heteroatoms. The number of hydrogen-bond acceptors (Lipinski definition) is 5. The Morgan fingerprint density at radius 2 is 1.92 bits per heavy atom. The van der Waals surface area contributed by atoms with Gasteiger partial charge in [-0.05, 0) is 49.2 Å². The third-order valence-electron chi connectivity index (χ3n) is 3.67. The van der Waals surface area contributed by atoms with Gasteiger partial charge in [0.25, 0.3) is 5.91 Å². The summed E-state index contributed by atoms with van der Waals surface area (Å²) in [7, 11) is 3.11. The van der Waals surface area contributed by atoms with Crippen molar-refractivity contribution in [3.8, 4) is 17.2 Å². The molecule has 0 atom stereocenters. The van der Waals surface area contributed by atoms with Gasteiger partial charge in [0, 0.05) is 5.56 Å². The number of ether oxygens (including phenoxy) is 3. The molecule has 6 nitrogen and oxygen atoms in total. The first-order valence-electron chi connectivity index (χ1n) is 7.78. The highest BCUT2D eigenvalue weighted by Gasteiger charge is 2.07. The number of benzene rings is 2. The number of para-hydroxylation sites is 1. The maximum Gasteiger partial charge on any atom is 0.277 e. The maximum absolute atomic E-state index is 11.8. The zero-order chi connectivity index (χ0) is 18.2. The van der Waals surface area contributed by atoms with E-state index in [0.717, 1.165) is 5.56 Å². The Morgan fingerprint density at radius 3 is 2.60 bits per heavy atom. The van der Waals surface area contributed by atoms with Crippen LogP contribution in [-0.2, 0) is 4.79 Å². The minimum absolute atomic E-state index is 0.116. The summed E-state index contributed by atoms with van der Waals surface area (Å²) >= 11 is 0. The molecule has 1 amide bonds. The lowest BCUT2D eigenvalue weighted by Crippen LogP contribution is -2.24. The SMILES string of the molecule is COc1cccc(C=NNC(=O)COc2ccc(C)c(C)c2)c1OC. The molecule has 0 radical (unpaired) electrons. The van der Waals surface area contributed by atoms with Crippen molar-refractivity contribution >= 4 is 12.1 Å². The summed E-state index contributed by atoms with van der Waals surface area (Å²) in [6, 6.07) is 11.1. The molecular formula is C19H22N2O4. The zero-order valence-electron chi connectivity index (χ0n) is 14.8. The number of aryl methyl sites for hydroxylation is 2. The third-order valence-corrected chi connectivity index (χ3v) is 3.67. The van der Waals surface area contributed by atoms with Crippen LogP contribution in [0.3, 0.4) is 0 Å². The van der Waals surface area contributed by atoms with E-state index in [1.54, 1.807) is 20.3 Å². The van der Waals surface area contributed by atoms with Crippen molar-refractivity contribution in [2.75, 3.05) is 20.8 Å². The number of hydrogen-bond donors (Lipinski definition) is 1. The Labute approximate surface area is 147 Å². The van der Waals surface area contributed by atoms with Crippen LogP contribution in [0.4, 0.5) is 0 Å². The van der Waals surface area contributed by atoms with E-state index < -0.39 is 0 Å². The van der Waals surface area contributed by atoms with Crippen LogP contribution in [0, 0.1) is 13.8 Å². The summed E-state index contributed by atoms with van der Waals surface area (Å²) in [4.78, 5) is 11.8. The number of nitrogens with one attached hydrogen (secondary N) is 1. The number of nitrogens with zero attached hydrogens (tertiary/aromatic N) is 1. The molecule has 0 bridgehead atoms. The van der Waals surface area contributed by atoms with Crippen molar-refractivity contribution in [1.29, 1.82) is 0 Å². The lowest BCUT2D eigenvalue weighted by atomic mass is 10.1. The number of methoxy groups -OCH3 is 2. The van der Waals surface area contributed by atoms with Crippen molar-refractivity contribution < 1.29 is 19.0 Å². The molecule has 0 aliphatic rings. The van der Waals surface area contributed by atoms with Crippen LogP contribution in [0.1, 0.15) is 16.7 Å². The predicted molar refractivity (Wildman–Crippen MR) is 96.7 cm³/mol. The largest absolute Gasteiger partial charge is 0.493 e. The van der Waals surface area contributed by atoms with Gasteiger partial charge in [0.15, 0.2) is 18.1 Å². The van der Waals surface area contributed by atoms with Gasteiger partial charge >= 0.3 is 0 Å². The molecule has 0 aliphatic carbocycles. The van der Waals surface area contributed by atoms with E-state index >= 15 is 0 Å². The second-order valence-corrected chi connectivity index (χ2v) is 5.41. The van der Waals surface area contributed by atoms with Crippen molar-refractivity contribution in [3.63, 3.8) is 0 Å². The lowest BCUT2D eigenvalue weighted by molar-refractivity contribution is -0.123. The first-order valence-corrected chi connectivity index (χ1v) is 7.78. The maximum atomic E-state index is 11.8. The standard InChI is InChI=1S/C19H22N2O4/c1-13-8-9-16(10-14(13)2)25-12-18(22)21-20-11-15-6-5-7-17(23-3)19(15)24-4/h5-11H,12H2,1-4H3,(H,21,22). The van der Waals surface area contributed by atoms with Gasteiger partial charge < -0.3 is 14.2 Å². The van der Waals surface area contributed by atoms with E-state index in [9.17, 15) is 4.79 Å².